The monoisotopic (exact) mass is 1200 g/mol. The molecule has 0 heterocycles. The minimum atomic E-state index is -4.94. The van der Waals surface area contributed by atoms with Crippen LogP contribution in [0.4, 0.5) is 0 Å². The highest BCUT2D eigenvalue weighted by Crippen LogP contribution is 2.45. The second-order valence-electron chi connectivity index (χ2n) is 23.4. The van der Waals surface area contributed by atoms with Gasteiger partial charge >= 0.3 is 39.5 Å². The van der Waals surface area contributed by atoms with Crippen LogP contribution in [-0.4, -0.2) is 96.7 Å². The number of hydrogen-bond acceptors (Lipinski definition) is 15. The lowest BCUT2D eigenvalue weighted by Gasteiger charge is -2.21. The minimum Gasteiger partial charge on any atom is -0.462 e. The molecular weight excluding hydrogens is 1080 g/mol. The molecule has 0 radical (unpaired) electrons. The molecule has 0 aliphatic carbocycles. The van der Waals surface area contributed by atoms with Crippen LogP contribution < -0.4 is 0 Å². The van der Waals surface area contributed by atoms with Gasteiger partial charge in [-0.3, -0.25) is 37.3 Å². The Hall–Kier alpha value is -1.94. The molecule has 0 aromatic carbocycles. The van der Waals surface area contributed by atoms with Crippen LogP contribution in [-0.2, 0) is 65.4 Å². The van der Waals surface area contributed by atoms with Crippen molar-refractivity contribution in [1.29, 1.82) is 0 Å². The maximum absolute atomic E-state index is 12.9. The fourth-order valence-electron chi connectivity index (χ4n) is 9.18. The van der Waals surface area contributed by atoms with E-state index in [0.29, 0.717) is 31.6 Å². The van der Waals surface area contributed by atoms with E-state index in [1.807, 2.05) is 0 Å². The summed E-state index contributed by atoms with van der Waals surface area (Å²) >= 11 is 0. The second kappa shape index (κ2) is 54.7. The molecule has 0 aliphatic rings. The van der Waals surface area contributed by atoms with Crippen LogP contribution in [0.15, 0.2) is 0 Å². The Kier molecular flexibility index (Phi) is 53.4. The van der Waals surface area contributed by atoms with Crippen molar-refractivity contribution < 1.29 is 80.2 Å². The smallest absolute Gasteiger partial charge is 0.462 e. The van der Waals surface area contributed by atoms with Crippen LogP contribution in [0.1, 0.15) is 305 Å². The maximum Gasteiger partial charge on any atom is 0.472 e. The van der Waals surface area contributed by atoms with Gasteiger partial charge < -0.3 is 33.8 Å². The van der Waals surface area contributed by atoms with E-state index in [9.17, 15) is 43.2 Å². The van der Waals surface area contributed by atoms with Crippen LogP contribution in [0.2, 0.25) is 0 Å². The van der Waals surface area contributed by atoms with Crippen molar-refractivity contribution in [3.8, 4) is 0 Å². The van der Waals surface area contributed by atoms with Gasteiger partial charge in [-0.25, -0.2) is 9.13 Å². The quantitative estimate of drug-likeness (QED) is 0.0222. The van der Waals surface area contributed by atoms with Crippen molar-refractivity contribution in [2.45, 2.75) is 323 Å². The average Bonchev–Trinajstić information content (AvgIpc) is 3.42. The SMILES string of the molecule is CCCCCCCCCCCCCCC(=O)O[C@H](COC(=O)CCCCCCCCCCC(C)C)COP(=O)(O)OC[C@@H](O)COP(=O)(O)OC[C@@H](COC(=O)CCCCCCCCCCC)OC(=O)CCCCCCCCC(C)C. The molecule has 0 aromatic rings. The number of ether oxygens (including phenoxy) is 4. The number of aliphatic hydroxyl groups excluding tert-OH is 1. The molecule has 2 unspecified atom stereocenters. The lowest BCUT2D eigenvalue weighted by molar-refractivity contribution is -0.161. The lowest BCUT2D eigenvalue weighted by atomic mass is 10.0. The van der Waals surface area contributed by atoms with E-state index >= 15 is 0 Å². The van der Waals surface area contributed by atoms with Gasteiger partial charge in [0.1, 0.15) is 19.3 Å². The van der Waals surface area contributed by atoms with Crippen LogP contribution in [0.5, 0.6) is 0 Å². The van der Waals surface area contributed by atoms with E-state index in [-0.39, 0.29) is 25.7 Å². The van der Waals surface area contributed by atoms with E-state index in [4.69, 9.17) is 37.0 Å². The summed E-state index contributed by atoms with van der Waals surface area (Å²) in [4.78, 5) is 72.0. The molecule has 81 heavy (non-hydrogen) atoms. The van der Waals surface area contributed by atoms with E-state index < -0.39 is 97.5 Å². The van der Waals surface area contributed by atoms with Crippen molar-refractivity contribution in [2.75, 3.05) is 39.6 Å². The Morgan fingerprint density at radius 2 is 0.568 bits per heavy atom. The van der Waals surface area contributed by atoms with Gasteiger partial charge in [-0.05, 0) is 37.5 Å². The summed E-state index contributed by atoms with van der Waals surface area (Å²) in [5.74, 6) is -0.745. The molecule has 0 saturated heterocycles. The summed E-state index contributed by atoms with van der Waals surface area (Å²) in [5, 5.41) is 10.5. The predicted octanol–water partition coefficient (Wildman–Crippen LogP) is 16.9. The normalized spacial score (nSPS) is 14.4. The molecule has 0 spiro atoms. The van der Waals surface area contributed by atoms with Crippen LogP contribution >= 0.6 is 15.6 Å². The Morgan fingerprint density at radius 1 is 0.333 bits per heavy atom. The molecule has 5 atom stereocenters. The van der Waals surface area contributed by atoms with Crippen LogP contribution in [0.25, 0.3) is 0 Å². The zero-order valence-corrected chi connectivity index (χ0v) is 53.9. The van der Waals surface area contributed by atoms with Gasteiger partial charge in [-0.15, -0.1) is 0 Å². The van der Waals surface area contributed by atoms with Gasteiger partial charge in [0, 0.05) is 25.7 Å². The van der Waals surface area contributed by atoms with Crippen molar-refractivity contribution in [3.05, 3.63) is 0 Å². The highest BCUT2D eigenvalue weighted by Gasteiger charge is 2.30. The molecular formula is C62H120O17P2. The molecule has 0 aromatic heterocycles. The first-order valence-corrected chi connectivity index (χ1v) is 35.5. The summed E-state index contributed by atoms with van der Waals surface area (Å²) in [5.41, 5.74) is 0. The second-order valence-corrected chi connectivity index (χ2v) is 26.3. The topological polar surface area (TPSA) is 237 Å². The van der Waals surface area contributed by atoms with Crippen molar-refractivity contribution in [3.63, 3.8) is 0 Å². The Labute approximate surface area is 492 Å². The predicted molar refractivity (Wildman–Crippen MR) is 321 cm³/mol. The summed E-state index contributed by atoms with van der Waals surface area (Å²) < 4.78 is 67.8. The van der Waals surface area contributed by atoms with E-state index in [0.717, 1.165) is 95.8 Å². The van der Waals surface area contributed by atoms with Gasteiger partial charge in [0.15, 0.2) is 12.2 Å². The summed E-state index contributed by atoms with van der Waals surface area (Å²) in [6.45, 7) is 9.34. The molecule has 480 valence electrons. The molecule has 17 nitrogen and oxygen atoms in total. The zero-order chi connectivity index (χ0) is 60.1. The van der Waals surface area contributed by atoms with Crippen LogP contribution in [0, 0.1) is 11.8 Å². The van der Waals surface area contributed by atoms with E-state index in [1.54, 1.807) is 0 Å². The summed E-state index contributed by atoms with van der Waals surface area (Å²) in [6, 6.07) is 0. The third-order valence-electron chi connectivity index (χ3n) is 14.2. The molecule has 0 saturated carbocycles. The lowest BCUT2D eigenvalue weighted by Crippen LogP contribution is -2.30. The minimum absolute atomic E-state index is 0.102. The van der Waals surface area contributed by atoms with E-state index in [1.165, 1.54) is 122 Å². The molecule has 0 fully saturated rings. The molecule has 0 bridgehead atoms. The first-order valence-electron chi connectivity index (χ1n) is 32.5. The number of rotatable bonds is 61. The number of carbonyl (C=O) groups is 4. The standard InChI is InChI=1S/C62H120O17P2/c1-7-9-11-13-15-17-18-19-21-27-34-40-46-61(66)78-57(50-73-60(65)45-39-33-26-23-22-24-30-36-42-54(3)4)52-76-80(68,69)74-48-56(63)49-75-81(70,71)77-53-58(79-62(67)47-41-35-29-28-31-37-43-55(5)6)51-72-59(64)44-38-32-25-20-16-14-12-10-8-2/h54-58,63H,7-53H2,1-6H3,(H,68,69)(H,70,71)/t56-,57-,58-/m1/s1. The molecule has 19 heteroatoms. The number of esters is 4. The Bertz CT molecular complexity index is 1600. The van der Waals surface area contributed by atoms with Crippen molar-refractivity contribution in [2.24, 2.45) is 11.8 Å². The fraction of sp³-hybridized carbons (Fsp3) is 0.935. The summed E-state index contributed by atoms with van der Waals surface area (Å²) in [6.07, 6.45) is 36.3. The third-order valence-corrected chi connectivity index (χ3v) is 16.1. The third kappa shape index (κ3) is 56.9. The first kappa shape index (κ1) is 79.1. The Balaban J connectivity index is 5.23. The van der Waals surface area contributed by atoms with Gasteiger partial charge in [-0.1, -0.05) is 253 Å². The average molecular weight is 1200 g/mol. The zero-order valence-electron chi connectivity index (χ0n) is 52.1. The van der Waals surface area contributed by atoms with Crippen molar-refractivity contribution >= 4 is 39.5 Å². The fourth-order valence-corrected chi connectivity index (χ4v) is 10.8. The van der Waals surface area contributed by atoms with Crippen LogP contribution in [0.3, 0.4) is 0 Å². The largest absolute Gasteiger partial charge is 0.472 e. The highest BCUT2D eigenvalue weighted by atomic mass is 31.2. The number of carbonyl (C=O) groups excluding carboxylic acids is 4. The highest BCUT2D eigenvalue weighted by molar-refractivity contribution is 7.47. The number of phosphoric ester groups is 2. The number of aliphatic hydroxyl groups is 1. The number of unbranched alkanes of at least 4 members (excludes halogenated alkanes) is 31. The number of phosphoric acid groups is 2. The van der Waals surface area contributed by atoms with E-state index in [2.05, 4.69) is 41.5 Å². The molecule has 0 amide bonds. The van der Waals surface area contributed by atoms with Gasteiger partial charge in [-0.2, -0.15) is 0 Å². The van der Waals surface area contributed by atoms with Gasteiger partial charge in [0.2, 0.25) is 0 Å². The summed E-state index contributed by atoms with van der Waals surface area (Å²) in [7, 11) is -9.88. The first-order chi connectivity index (χ1) is 38.9. The molecule has 0 rings (SSSR count). The van der Waals surface area contributed by atoms with Gasteiger partial charge in [0.25, 0.3) is 0 Å². The number of hydrogen-bond donors (Lipinski definition) is 3. The molecule has 3 N–H and O–H groups in total. The Morgan fingerprint density at radius 3 is 0.840 bits per heavy atom. The maximum atomic E-state index is 12.9. The molecule has 0 aliphatic heterocycles. The van der Waals surface area contributed by atoms with Gasteiger partial charge in [0.05, 0.1) is 26.4 Å². The van der Waals surface area contributed by atoms with Crippen molar-refractivity contribution in [1.82, 2.24) is 0 Å².